The van der Waals surface area contributed by atoms with Crippen LogP contribution in [0, 0.1) is 6.92 Å². The van der Waals surface area contributed by atoms with Crippen LogP contribution in [0.3, 0.4) is 0 Å². The molecule has 34 heavy (non-hydrogen) atoms. The van der Waals surface area contributed by atoms with Crippen LogP contribution in [0.5, 0.6) is 0 Å². The summed E-state index contributed by atoms with van der Waals surface area (Å²) in [5, 5.41) is 9.87. The van der Waals surface area contributed by atoms with Gasteiger partial charge >= 0.3 is 6.03 Å². The maximum atomic E-state index is 13.5. The van der Waals surface area contributed by atoms with Gasteiger partial charge in [0.1, 0.15) is 11.4 Å². The molecule has 0 unspecified atom stereocenters. The molecule has 4 rings (SSSR count). The Balaban J connectivity index is 1.31. The first-order valence-corrected chi connectivity index (χ1v) is 12.1. The third-order valence-corrected chi connectivity index (χ3v) is 7.09. The van der Waals surface area contributed by atoms with Gasteiger partial charge in [-0.15, -0.1) is 0 Å². The van der Waals surface area contributed by atoms with E-state index in [1.807, 2.05) is 4.90 Å². The van der Waals surface area contributed by atoms with E-state index in [4.69, 9.17) is 11.6 Å². The van der Waals surface area contributed by atoms with Gasteiger partial charge in [0, 0.05) is 36.4 Å². The van der Waals surface area contributed by atoms with Crippen molar-refractivity contribution in [3.05, 3.63) is 47.0 Å². The zero-order chi connectivity index (χ0) is 24.1. The molecule has 1 aromatic heterocycles. The lowest BCUT2D eigenvalue weighted by Gasteiger charge is -2.39. The fraction of sp³-hybridized carbons (Fsp3) is 0.500. The molecule has 10 heteroatoms. The number of halogens is 1. The summed E-state index contributed by atoms with van der Waals surface area (Å²) in [6.07, 6.45) is 7.22. The van der Waals surface area contributed by atoms with Crippen molar-refractivity contribution in [3.63, 3.8) is 0 Å². The first kappa shape index (κ1) is 24.2. The van der Waals surface area contributed by atoms with Gasteiger partial charge in [-0.25, -0.2) is 9.78 Å². The van der Waals surface area contributed by atoms with Crippen molar-refractivity contribution in [2.45, 2.75) is 63.6 Å². The van der Waals surface area contributed by atoms with Gasteiger partial charge in [0.25, 0.3) is 0 Å². The minimum atomic E-state index is -0.856. The average Bonchev–Trinajstić information content (AvgIpc) is 3.45. The Labute approximate surface area is 204 Å². The second kappa shape index (κ2) is 10.6. The van der Waals surface area contributed by atoms with Crippen LogP contribution in [0.2, 0.25) is 5.02 Å². The van der Waals surface area contributed by atoms with E-state index in [-0.39, 0.29) is 18.0 Å². The number of hydrogen-bond acceptors (Lipinski definition) is 5. The van der Waals surface area contributed by atoms with Gasteiger partial charge in [-0.2, -0.15) is 0 Å². The highest BCUT2D eigenvalue weighted by molar-refractivity contribution is 6.30. The fourth-order valence-electron chi connectivity index (χ4n) is 4.90. The number of carbonyl (C=O) groups is 3. The lowest BCUT2D eigenvalue weighted by molar-refractivity contribution is -0.139. The summed E-state index contributed by atoms with van der Waals surface area (Å²) < 4.78 is 1.54. The molecular weight excluding hydrogens is 456 g/mol. The van der Waals surface area contributed by atoms with Crippen LogP contribution in [0.1, 0.15) is 50.0 Å². The third-order valence-electron chi connectivity index (χ3n) is 6.84. The van der Waals surface area contributed by atoms with Crippen molar-refractivity contribution in [3.8, 4) is 0 Å². The van der Waals surface area contributed by atoms with Crippen LogP contribution >= 0.6 is 11.6 Å². The summed E-state index contributed by atoms with van der Waals surface area (Å²) in [6, 6.07) is 6.74. The first-order chi connectivity index (χ1) is 16.4. The number of nitrogens with zero attached hydrogens (tertiary/aromatic N) is 3. The predicted molar refractivity (Wildman–Crippen MR) is 130 cm³/mol. The molecule has 0 radical (unpaired) electrons. The molecule has 2 heterocycles. The lowest BCUT2D eigenvalue weighted by atomic mass is 9.93. The van der Waals surface area contributed by atoms with E-state index in [0.717, 1.165) is 37.8 Å². The Bertz CT molecular complexity index is 1020. The van der Waals surface area contributed by atoms with Crippen LogP contribution in [-0.2, 0) is 16.1 Å². The standard InChI is InChI=1S/C24H31ClN6O3/c1-17-26-14-21(31(17)16-32)15-27-19-8-12-30(13-9-19)22(33)24(10-2-3-11-24)29-23(34)28-20-6-4-18(25)5-7-20/h4-7,14,16,19,27H,2-3,8-13,15H2,1H3,(H2,28,29,34). The number of aromatic nitrogens is 2. The number of imidazole rings is 1. The van der Waals surface area contributed by atoms with Crippen molar-refractivity contribution < 1.29 is 14.4 Å². The molecule has 2 aliphatic rings. The van der Waals surface area contributed by atoms with Crippen molar-refractivity contribution >= 4 is 35.6 Å². The largest absolute Gasteiger partial charge is 0.341 e. The Morgan fingerprint density at radius 1 is 1.18 bits per heavy atom. The number of rotatable bonds is 7. The van der Waals surface area contributed by atoms with E-state index < -0.39 is 5.54 Å². The summed E-state index contributed by atoms with van der Waals surface area (Å²) >= 11 is 5.91. The van der Waals surface area contributed by atoms with Crippen LogP contribution in [0.4, 0.5) is 10.5 Å². The quantitative estimate of drug-likeness (QED) is 0.521. The third kappa shape index (κ3) is 5.42. The number of carbonyl (C=O) groups excluding carboxylic acids is 3. The van der Waals surface area contributed by atoms with Crippen molar-refractivity contribution in [1.29, 1.82) is 0 Å². The Hall–Kier alpha value is -2.91. The van der Waals surface area contributed by atoms with Crippen LogP contribution in [0.25, 0.3) is 0 Å². The lowest BCUT2D eigenvalue weighted by Crippen LogP contribution is -2.60. The van der Waals surface area contributed by atoms with E-state index in [1.54, 1.807) is 37.4 Å². The highest BCUT2D eigenvalue weighted by Crippen LogP contribution is 2.32. The number of piperidine rings is 1. The van der Waals surface area contributed by atoms with Gasteiger partial charge in [-0.1, -0.05) is 24.4 Å². The van der Waals surface area contributed by atoms with Crippen molar-refractivity contribution in [2.24, 2.45) is 0 Å². The van der Waals surface area contributed by atoms with Gasteiger partial charge in [-0.05, 0) is 56.9 Å². The van der Waals surface area contributed by atoms with E-state index in [2.05, 4.69) is 20.9 Å². The van der Waals surface area contributed by atoms with E-state index in [0.29, 0.717) is 49.0 Å². The van der Waals surface area contributed by atoms with E-state index in [1.165, 1.54) is 4.57 Å². The minimum absolute atomic E-state index is 0.00404. The van der Waals surface area contributed by atoms with Gasteiger partial charge in [-0.3, -0.25) is 14.2 Å². The maximum Gasteiger partial charge on any atom is 0.320 e. The topological polar surface area (TPSA) is 108 Å². The minimum Gasteiger partial charge on any atom is -0.341 e. The SMILES string of the molecule is Cc1ncc(CNC2CCN(C(=O)C3(NC(=O)Nc4ccc(Cl)cc4)CCCC3)CC2)n1C=O. The Morgan fingerprint density at radius 3 is 2.50 bits per heavy atom. The average molecular weight is 487 g/mol. The molecule has 3 N–H and O–H groups in total. The number of likely N-dealkylation sites (tertiary alicyclic amines) is 1. The molecule has 2 aromatic rings. The molecular formula is C24H31ClN6O3. The molecule has 1 aliphatic heterocycles. The van der Waals surface area contributed by atoms with E-state index >= 15 is 0 Å². The summed E-state index contributed by atoms with van der Waals surface area (Å²) in [5.41, 5.74) is 0.595. The number of urea groups is 1. The summed E-state index contributed by atoms with van der Waals surface area (Å²) in [5.74, 6) is 0.672. The zero-order valence-corrected chi connectivity index (χ0v) is 20.1. The Kier molecular flexibility index (Phi) is 7.53. The molecule has 0 spiro atoms. The molecule has 3 amide bonds. The highest BCUT2D eigenvalue weighted by atomic mass is 35.5. The number of benzene rings is 1. The van der Waals surface area contributed by atoms with Gasteiger partial charge < -0.3 is 20.9 Å². The summed E-state index contributed by atoms with van der Waals surface area (Å²) in [6.45, 7) is 3.61. The number of hydrogen-bond donors (Lipinski definition) is 3. The molecule has 1 aromatic carbocycles. The second-order valence-corrected chi connectivity index (χ2v) is 9.53. The van der Waals surface area contributed by atoms with Gasteiger partial charge in [0.05, 0.1) is 11.9 Å². The molecule has 1 saturated carbocycles. The smallest absolute Gasteiger partial charge is 0.320 e. The van der Waals surface area contributed by atoms with Crippen molar-refractivity contribution in [2.75, 3.05) is 18.4 Å². The highest BCUT2D eigenvalue weighted by Gasteiger charge is 2.45. The normalized spacial score (nSPS) is 18.0. The molecule has 1 aliphatic carbocycles. The van der Waals surface area contributed by atoms with Crippen LogP contribution in [0.15, 0.2) is 30.5 Å². The number of amides is 3. The van der Waals surface area contributed by atoms with Crippen LogP contribution in [-0.4, -0.2) is 57.5 Å². The fourth-order valence-corrected chi connectivity index (χ4v) is 5.02. The summed E-state index contributed by atoms with van der Waals surface area (Å²) in [4.78, 5) is 43.5. The monoisotopic (exact) mass is 486 g/mol. The number of aryl methyl sites for hydroxylation is 1. The second-order valence-electron chi connectivity index (χ2n) is 9.09. The molecule has 0 atom stereocenters. The molecule has 1 saturated heterocycles. The van der Waals surface area contributed by atoms with Crippen LogP contribution < -0.4 is 16.0 Å². The number of anilines is 1. The Morgan fingerprint density at radius 2 is 1.85 bits per heavy atom. The molecule has 2 fully saturated rings. The maximum absolute atomic E-state index is 13.5. The predicted octanol–water partition coefficient (Wildman–Crippen LogP) is 3.10. The molecule has 0 bridgehead atoms. The molecule has 9 nitrogen and oxygen atoms in total. The van der Waals surface area contributed by atoms with Crippen molar-refractivity contribution in [1.82, 2.24) is 25.1 Å². The summed E-state index contributed by atoms with van der Waals surface area (Å²) in [7, 11) is 0. The zero-order valence-electron chi connectivity index (χ0n) is 19.3. The number of nitrogens with one attached hydrogen (secondary N) is 3. The molecule has 182 valence electrons. The van der Waals surface area contributed by atoms with E-state index in [9.17, 15) is 14.4 Å². The van der Waals surface area contributed by atoms with Gasteiger partial charge in [0.2, 0.25) is 12.3 Å². The van der Waals surface area contributed by atoms with Gasteiger partial charge in [0.15, 0.2) is 0 Å². The first-order valence-electron chi connectivity index (χ1n) is 11.8.